The predicted molar refractivity (Wildman–Crippen MR) is 38.9 cm³/mol. The third kappa shape index (κ3) is 2.02. The van der Waals surface area contributed by atoms with Crippen LogP contribution < -0.4 is 0 Å². The summed E-state index contributed by atoms with van der Waals surface area (Å²) in [7, 11) is 0. The summed E-state index contributed by atoms with van der Waals surface area (Å²) in [5.41, 5.74) is 0.0327. The fourth-order valence-corrected chi connectivity index (χ4v) is 1.31. The van der Waals surface area contributed by atoms with Crippen LogP contribution in [0.5, 0.6) is 0 Å². The molecule has 13 heavy (non-hydrogen) atoms. The highest BCUT2D eigenvalue weighted by Crippen LogP contribution is 2.34. The zero-order valence-electron chi connectivity index (χ0n) is 6.81. The zero-order chi connectivity index (χ0) is 10.1. The molecule has 1 atom stereocenters. The molecule has 1 nitrogen and oxygen atoms in total. The Morgan fingerprint density at radius 1 is 1.38 bits per heavy atom. The molecular weight excluding hydrogens is 188 g/mol. The molecule has 0 fully saturated rings. The van der Waals surface area contributed by atoms with Crippen molar-refractivity contribution >= 4 is 0 Å². The number of hydrogen-bond acceptors (Lipinski definition) is 1. The lowest BCUT2D eigenvalue weighted by Gasteiger charge is -2.22. The van der Waals surface area contributed by atoms with Crippen molar-refractivity contribution < 1.29 is 22.7 Å². The molecule has 0 radical (unpaired) electrons. The molecule has 5 heteroatoms. The van der Waals surface area contributed by atoms with Gasteiger partial charge < -0.3 is 5.11 Å². The second-order valence-electron chi connectivity index (χ2n) is 3.05. The van der Waals surface area contributed by atoms with Crippen LogP contribution in [-0.4, -0.2) is 23.6 Å². The van der Waals surface area contributed by atoms with E-state index in [1.165, 1.54) is 6.08 Å². The Balaban J connectivity index is 2.70. The van der Waals surface area contributed by atoms with Gasteiger partial charge in [-0.15, -0.1) is 0 Å². The Morgan fingerprint density at radius 2 is 2.00 bits per heavy atom. The summed E-state index contributed by atoms with van der Waals surface area (Å²) in [4.78, 5) is 0. The minimum absolute atomic E-state index is 0.0327. The molecule has 0 saturated heterocycles. The van der Waals surface area contributed by atoms with Gasteiger partial charge in [0, 0.05) is 0 Å². The molecule has 0 aromatic rings. The molecule has 0 amide bonds. The maximum Gasteiger partial charge on any atom is 0.336 e. The third-order valence-corrected chi connectivity index (χ3v) is 2.08. The molecule has 0 aromatic heterocycles. The Kier molecular flexibility index (Phi) is 2.95. The number of aliphatic hydroxyl groups is 1. The SMILES string of the molecule is OC(C1=CCCC1)C(F)(F)C(F)F. The van der Waals surface area contributed by atoms with E-state index in [1.807, 2.05) is 0 Å². The van der Waals surface area contributed by atoms with Crippen LogP contribution in [0, 0.1) is 0 Å². The fourth-order valence-electron chi connectivity index (χ4n) is 1.31. The van der Waals surface area contributed by atoms with Gasteiger partial charge in [0.1, 0.15) is 6.10 Å². The molecule has 1 aliphatic carbocycles. The van der Waals surface area contributed by atoms with E-state index in [-0.39, 0.29) is 12.0 Å². The normalized spacial score (nSPS) is 20.6. The van der Waals surface area contributed by atoms with Gasteiger partial charge >= 0.3 is 12.3 Å². The molecule has 1 N–H and O–H groups in total. The second kappa shape index (κ2) is 3.65. The van der Waals surface area contributed by atoms with Crippen LogP contribution in [0.3, 0.4) is 0 Å². The summed E-state index contributed by atoms with van der Waals surface area (Å²) in [6.07, 6.45) is -3.24. The highest BCUT2D eigenvalue weighted by atomic mass is 19.3. The van der Waals surface area contributed by atoms with E-state index < -0.39 is 18.5 Å². The van der Waals surface area contributed by atoms with E-state index in [2.05, 4.69) is 0 Å². The van der Waals surface area contributed by atoms with Crippen LogP contribution in [-0.2, 0) is 0 Å². The highest BCUT2D eigenvalue weighted by molar-refractivity contribution is 5.16. The summed E-state index contributed by atoms with van der Waals surface area (Å²) in [5, 5.41) is 8.95. The Bertz CT molecular complexity index is 212. The largest absolute Gasteiger partial charge is 0.382 e. The standard InChI is InChI=1S/C8H10F4O/c9-7(10)8(11,12)6(13)5-3-1-2-4-5/h3,6-7,13H,1-2,4H2. The number of allylic oxidation sites excluding steroid dienone is 1. The van der Waals surface area contributed by atoms with Crippen molar-refractivity contribution in [3.63, 3.8) is 0 Å². The van der Waals surface area contributed by atoms with E-state index in [0.29, 0.717) is 12.8 Å². The predicted octanol–water partition coefficient (Wildman–Crippen LogP) is 2.36. The van der Waals surface area contributed by atoms with Crippen LogP contribution in [0.15, 0.2) is 11.6 Å². The van der Waals surface area contributed by atoms with Crippen LogP contribution >= 0.6 is 0 Å². The van der Waals surface area contributed by atoms with Crippen LogP contribution in [0.4, 0.5) is 17.6 Å². The van der Waals surface area contributed by atoms with E-state index >= 15 is 0 Å². The second-order valence-corrected chi connectivity index (χ2v) is 3.05. The van der Waals surface area contributed by atoms with Crippen LogP contribution in [0.25, 0.3) is 0 Å². The molecule has 0 aromatic carbocycles. The lowest BCUT2D eigenvalue weighted by molar-refractivity contribution is -0.180. The third-order valence-electron chi connectivity index (χ3n) is 2.08. The summed E-state index contributed by atoms with van der Waals surface area (Å²) >= 11 is 0. The molecule has 1 aliphatic rings. The van der Waals surface area contributed by atoms with Gasteiger partial charge in [-0.1, -0.05) is 6.08 Å². The van der Waals surface area contributed by atoms with E-state index in [1.54, 1.807) is 0 Å². The van der Waals surface area contributed by atoms with Gasteiger partial charge in [-0.2, -0.15) is 8.78 Å². The molecular formula is C8H10F4O. The van der Waals surface area contributed by atoms with Crippen molar-refractivity contribution in [3.8, 4) is 0 Å². The van der Waals surface area contributed by atoms with Gasteiger partial charge in [-0.3, -0.25) is 0 Å². The first-order valence-corrected chi connectivity index (χ1v) is 3.99. The van der Waals surface area contributed by atoms with Crippen LogP contribution in [0.1, 0.15) is 19.3 Å². The van der Waals surface area contributed by atoms with Gasteiger partial charge in [0.05, 0.1) is 0 Å². The number of halogens is 4. The van der Waals surface area contributed by atoms with Crippen molar-refractivity contribution in [1.29, 1.82) is 0 Å². The molecule has 0 aliphatic heterocycles. The molecule has 0 heterocycles. The number of rotatable bonds is 3. The van der Waals surface area contributed by atoms with Gasteiger partial charge in [-0.25, -0.2) is 8.78 Å². The maximum atomic E-state index is 12.6. The summed E-state index contributed by atoms with van der Waals surface area (Å²) in [6, 6.07) is 0. The lowest BCUT2D eigenvalue weighted by Crippen LogP contribution is -2.41. The van der Waals surface area contributed by atoms with Gasteiger partial charge in [-0.05, 0) is 24.8 Å². The van der Waals surface area contributed by atoms with Gasteiger partial charge in [0.25, 0.3) is 0 Å². The van der Waals surface area contributed by atoms with E-state index in [0.717, 1.165) is 0 Å². The minimum Gasteiger partial charge on any atom is -0.382 e. The molecule has 0 saturated carbocycles. The van der Waals surface area contributed by atoms with Crippen molar-refractivity contribution in [2.75, 3.05) is 0 Å². The topological polar surface area (TPSA) is 20.2 Å². The number of alkyl halides is 4. The van der Waals surface area contributed by atoms with E-state index in [4.69, 9.17) is 5.11 Å². The smallest absolute Gasteiger partial charge is 0.336 e. The quantitative estimate of drug-likeness (QED) is 0.545. The molecule has 1 unspecified atom stereocenters. The minimum atomic E-state index is -4.32. The van der Waals surface area contributed by atoms with Crippen molar-refractivity contribution in [3.05, 3.63) is 11.6 Å². The number of aliphatic hydroxyl groups excluding tert-OH is 1. The lowest BCUT2D eigenvalue weighted by atomic mass is 10.0. The van der Waals surface area contributed by atoms with Crippen molar-refractivity contribution in [2.24, 2.45) is 0 Å². The molecule has 0 bridgehead atoms. The monoisotopic (exact) mass is 198 g/mol. The Labute approximate surface area is 73.1 Å². The fraction of sp³-hybridized carbons (Fsp3) is 0.750. The maximum absolute atomic E-state index is 12.6. The van der Waals surface area contributed by atoms with E-state index in [9.17, 15) is 17.6 Å². The number of hydrogen-bond donors (Lipinski definition) is 1. The summed E-state index contributed by atoms with van der Waals surface area (Å²) < 4.78 is 48.7. The first-order chi connectivity index (χ1) is 5.96. The van der Waals surface area contributed by atoms with Crippen molar-refractivity contribution in [2.45, 2.75) is 37.7 Å². The zero-order valence-corrected chi connectivity index (χ0v) is 6.81. The summed E-state index contributed by atoms with van der Waals surface area (Å²) in [5.74, 6) is -4.32. The van der Waals surface area contributed by atoms with Gasteiger partial charge in [0.2, 0.25) is 0 Å². The molecule has 0 spiro atoms. The molecule has 1 rings (SSSR count). The first-order valence-electron chi connectivity index (χ1n) is 3.99. The van der Waals surface area contributed by atoms with Crippen molar-refractivity contribution in [1.82, 2.24) is 0 Å². The average molecular weight is 198 g/mol. The average Bonchev–Trinajstić information content (AvgIpc) is 2.54. The van der Waals surface area contributed by atoms with Gasteiger partial charge in [0.15, 0.2) is 0 Å². The molecule has 76 valence electrons. The first kappa shape index (κ1) is 10.5. The van der Waals surface area contributed by atoms with Crippen LogP contribution in [0.2, 0.25) is 0 Å². The Morgan fingerprint density at radius 3 is 2.38 bits per heavy atom. The highest BCUT2D eigenvalue weighted by Gasteiger charge is 2.49. The Hall–Kier alpha value is -0.580. The summed E-state index contributed by atoms with van der Waals surface area (Å²) in [6.45, 7) is 0.